The predicted molar refractivity (Wildman–Crippen MR) is 46.3 cm³/mol. The molecular formula is C8H22KN. The first-order valence-electron chi connectivity index (χ1n) is 3.80. The van der Waals surface area contributed by atoms with Crippen LogP contribution < -0.4 is 57.1 Å². The Labute approximate surface area is 110 Å². The van der Waals surface area contributed by atoms with Crippen molar-refractivity contribution in [2.75, 3.05) is 6.54 Å². The van der Waals surface area contributed by atoms with Crippen molar-refractivity contribution < 1.29 is 51.4 Å². The Kier molecular flexibility index (Phi) is 70.3. The van der Waals surface area contributed by atoms with E-state index in [1.54, 1.807) is 0 Å². The number of hydrogen-bond acceptors (Lipinski definition) is 1. The van der Waals surface area contributed by atoms with Gasteiger partial charge in [-0.3, -0.25) is 0 Å². The van der Waals surface area contributed by atoms with Crippen LogP contribution in [0.1, 0.15) is 34.6 Å². The summed E-state index contributed by atoms with van der Waals surface area (Å²) in [5.41, 5.74) is 5.11. The van der Waals surface area contributed by atoms with E-state index in [0.29, 0.717) is 12.5 Å². The number of hydrogen-bond donors (Lipinski definition) is 1. The van der Waals surface area contributed by atoms with Crippen LogP contribution in [-0.4, -0.2) is 6.54 Å². The third-order valence-corrected chi connectivity index (χ3v) is 0.402. The maximum absolute atomic E-state index is 5.11. The second-order valence-electron chi connectivity index (χ2n) is 1.34. The molecule has 0 fully saturated rings. The van der Waals surface area contributed by atoms with Crippen molar-refractivity contribution in [1.82, 2.24) is 0 Å². The molecule has 0 spiro atoms. The van der Waals surface area contributed by atoms with Gasteiger partial charge in [0.05, 0.1) is 0 Å². The fourth-order valence-electron chi connectivity index (χ4n) is 0. The molecule has 0 aliphatic heterocycles. The Morgan fingerprint density at radius 3 is 1.30 bits per heavy atom. The number of nitrogens with two attached hydrogens (primary N) is 1. The Hall–Kier alpha value is 1.60. The van der Waals surface area contributed by atoms with Gasteiger partial charge < -0.3 is 12.7 Å². The van der Waals surface area contributed by atoms with Gasteiger partial charge in [-0.2, -0.15) is 5.92 Å². The van der Waals surface area contributed by atoms with Crippen molar-refractivity contribution in [2.45, 2.75) is 34.6 Å². The first-order chi connectivity index (χ1) is 4.27. The molecule has 0 saturated carbocycles. The summed E-state index contributed by atoms with van der Waals surface area (Å²) in [7, 11) is 0. The molecule has 0 amide bonds. The molecule has 0 aliphatic rings. The Morgan fingerprint density at radius 2 is 1.30 bits per heavy atom. The van der Waals surface area contributed by atoms with Gasteiger partial charge in [0.1, 0.15) is 0 Å². The van der Waals surface area contributed by atoms with Gasteiger partial charge in [0.2, 0.25) is 0 Å². The first-order valence-corrected chi connectivity index (χ1v) is 3.80. The van der Waals surface area contributed by atoms with Crippen molar-refractivity contribution in [1.29, 1.82) is 0 Å². The molecule has 0 bridgehead atoms. The normalized spacial score (nSPS) is 8.70. The zero-order valence-electron chi connectivity index (χ0n) is 8.57. The molecule has 1 unspecified atom stereocenters. The third-order valence-electron chi connectivity index (χ3n) is 0.402. The Bertz CT molecular complexity index is 23.2. The standard InChI is InChI=1S/C4H10N.2C2H6.K/c1-4(2)3-5;2*1-2;/h4H,1,3,5H2,2H3;2*1-2H3;/q-1;;;+1. The van der Waals surface area contributed by atoms with E-state index in [1.807, 2.05) is 34.6 Å². The van der Waals surface area contributed by atoms with Crippen LogP contribution in [0.2, 0.25) is 0 Å². The monoisotopic (exact) mass is 171 g/mol. The molecule has 0 radical (unpaired) electrons. The second-order valence-corrected chi connectivity index (χ2v) is 1.34. The summed E-state index contributed by atoms with van der Waals surface area (Å²) in [6, 6.07) is 0. The van der Waals surface area contributed by atoms with Crippen LogP contribution in [-0.2, 0) is 0 Å². The summed E-state index contributed by atoms with van der Waals surface area (Å²) in [4.78, 5) is 0. The van der Waals surface area contributed by atoms with Gasteiger partial charge in [-0.25, -0.2) is 0 Å². The molecule has 1 nitrogen and oxygen atoms in total. The molecule has 60 valence electrons. The van der Waals surface area contributed by atoms with Crippen LogP contribution in [0.15, 0.2) is 0 Å². The van der Waals surface area contributed by atoms with Crippen LogP contribution in [0, 0.1) is 12.8 Å². The molecule has 0 heterocycles. The number of rotatable bonds is 1. The van der Waals surface area contributed by atoms with Gasteiger partial charge >= 0.3 is 51.4 Å². The summed E-state index contributed by atoms with van der Waals surface area (Å²) >= 11 is 0. The van der Waals surface area contributed by atoms with E-state index in [-0.39, 0.29) is 51.4 Å². The van der Waals surface area contributed by atoms with E-state index in [1.165, 1.54) is 0 Å². The molecule has 2 N–H and O–H groups in total. The first kappa shape index (κ1) is 22.6. The van der Waals surface area contributed by atoms with Gasteiger partial charge in [0.25, 0.3) is 0 Å². The van der Waals surface area contributed by atoms with E-state index < -0.39 is 0 Å². The van der Waals surface area contributed by atoms with Crippen LogP contribution in [0.4, 0.5) is 0 Å². The van der Waals surface area contributed by atoms with Crippen molar-refractivity contribution in [3.8, 4) is 0 Å². The minimum Gasteiger partial charge on any atom is -0.339 e. The minimum absolute atomic E-state index is 0. The largest absolute Gasteiger partial charge is 1.00 e. The van der Waals surface area contributed by atoms with E-state index in [0.717, 1.165) is 0 Å². The minimum atomic E-state index is 0. The topological polar surface area (TPSA) is 26.0 Å². The maximum atomic E-state index is 5.11. The molecule has 0 rings (SSSR count). The summed E-state index contributed by atoms with van der Waals surface area (Å²) in [6.07, 6.45) is 0. The van der Waals surface area contributed by atoms with Crippen molar-refractivity contribution in [3.05, 3.63) is 6.92 Å². The van der Waals surface area contributed by atoms with E-state index in [9.17, 15) is 0 Å². The molecule has 2 heteroatoms. The molecule has 10 heavy (non-hydrogen) atoms. The molecule has 0 aromatic carbocycles. The third kappa shape index (κ3) is 54.8. The van der Waals surface area contributed by atoms with Crippen molar-refractivity contribution >= 4 is 0 Å². The average Bonchev–Trinajstić information content (AvgIpc) is 1.97. The summed E-state index contributed by atoms with van der Waals surface area (Å²) in [5.74, 6) is 0.412. The summed E-state index contributed by atoms with van der Waals surface area (Å²) in [6.45, 7) is 14.3. The fourth-order valence-corrected chi connectivity index (χ4v) is 0. The predicted octanol–water partition coefficient (Wildman–Crippen LogP) is -0.528. The maximum Gasteiger partial charge on any atom is 1.00 e. The van der Waals surface area contributed by atoms with Crippen LogP contribution >= 0.6 is 0 Å². The second kappa shape index (κ2) is 31.2. The molecule has 0 aromatic rings. The van der Waals surface area contributed by atoms with E-state index in [2.05, 4.69) is 6.92 Å². The smallest absolute Gasteiger partial charge is 0.339 e. The van der Waals surface area contributed by atoms with Gasteiger partial charge in [-0.15, -0.1) is 0 Å². The van der Waals surface area contributed by atoms with Crippen molar-refractivity contribution in [2.24, 2.45) is 11.7 Å². The van der Waals surface area contributed by atoms with Crippen molar-refractivity contribution in [3.63, 3.8) is 0 Å². The Morgan fingerprint density at radius 1 is 1.20 bits per heavy atom. The average molecular weight is 171 g/mol. The van der Waals surface area contributed by atoms with Crippen LogP contribution in [0.3, 0.4) is 0 Å². The quantitative estimate of drug-likeness (QED) is 0.417. The van der Waals surface area contributed by atoms with E-state index >= 15 is 0 Å². The molecule has 0 saturated heterocycles. The molecule has 0 aliphatic carbocycles. The van der Waals surface area contributed by atoms with Crippen LogP contribution in [0.5, 0.6) is 0 Å². The SMILES string of the molecule is CC.CC.[CH2-]C(C)CN.[K+]. The van der Waals surface area contributed by atoms with Gasteiger partial charge in [-0.1, -0.05) is 34.6 Å². The zero-order valence-corrected chi connectivity index (χ0v) is 11.7. The van der Waals surface area contributed by atoms with Gasteiger partial charge in [0.15, 0.2) is 0 Å². The fraction of sp³-hybridized carbons (Fsp3) is 0.875. The van der Waals surface area contributed by atoms with E-state index in [4.69, 9.17) is 5.73 Å². The van der Waals surface area contributed by atoms with Gasteiger partial charge in [0, 0.05) is 0 Å². The summed E-state index contributed by atoms with van der Waals surface area (Å²) in [5, 5.41) is 0. The van der Waals surface area contributed by atoms with Crippen LogP contribution in [0.25, 0.3) is 0 Å². The molecule has 1 atom stereocenters. The zero-order chi connectivity index (χ0) is 8.28. The molecular weight excluding hydrogens is 149 g/mol. The van der Waals surface area contributed by atoms with Gasteiger partial charge in [-0.05, 0) is 6.54 Å². The Balaban J connectivity index is -0.0000000315. The summed E-state index contributed by atoms with van der Waals surface area (Å²) < 4.78 is 0. The molecule has 0 aromatic heterocycles.